The van der Waals surface area contributed by atoms with E-state index in [0.717, 1.165) is 6.29 Å². The van der Waals surface area contributed by atoms with Gasteiger partial charge in [0, 0.05) is 11.6 Å². The lowest BCUT2D eigenvalue weighted by Gasteiger charge is -2.18. The molecule has 23 heavy (non-hydrogen) atoms. The van der Waals surface area contributed by atoms with E-state index < -0.39 is 0 Å². The van der Waals surface area contributed by atoms with Crippen molar-refractivity contribution >= 4 is 6.29 Å². The van der Waals surface area contributed by atoms with E-state index in [-0.39, 0.29) is 6.10 Å². The Hall–Kier alpha value is -2.69. The van der Waals surface area contributed by atoms with E-state index in [9.17, 15) is 4.79 Å². The first-order chi connectivity index (χ1) is 11.1. The van der Waals surface area contributed by atoms with Crippen LogP contribution in [-0.2, 0) is 0 Å². The molecule has 0 heterocycles. The highest BCUT2D eigenvalue weighted by Gasteiger charge is 2.17. The van der Waals surface area contributed by atoms with Crippen molar-refractivity contribution in [1.29, 1.82) is 0 Å². The van der Waals surface area contributed by atoms with Crippen molar-refractivity contribution in [2.45, 2.75) is 20.0 Å². The lowest BCUT2D eigenvalue weighted by Crippen LogP contribution is -2.08. The van der Waals surface area contributed by atoms with Gasteiger partial charge in [-0.25, -0.2) is 0 Å². The van der Waals surface area contributed by atoms with E-state index in [1.54, 1.807) is 31.4 Å². The molecule has 0 aromatic heterocycles. The maximum atomic E-state index is 11.1. The predicted molar refractivity (Wildman–Crippen MR) is 87.2 cm³/mol. The Kier molecular flexibility index (Phi) is 5.46. The minimum absolute atomic E-state index is 0.0707. The quantitative estimate of drug-likeness (QED) is 0.720. The average molecular weight is 316 g/mol. The maximum Gasteiger partial charge on any atom is 0.204 e. The fourth-order valence-corrected chi connectivity index (χ4v) is 2.04. The number of rotatable bonds is 7. The topological polar surface area (TPSA) is 54.0 Å². The Labute approximate surface area is 135 Å². The number of methoxy groups -OCH3 is 2. The summed E-state index contributed by atoms with van der Waals surface area (Å²) in [6, 6.07) is 10.4. The zero-order valence-corrected chi connectivity index (χ0v) is 13.7. The van der Waals surface area contributed by atoms with Gasteiger partial charge in [0.1, 0.15) is 17.8 Å². The summed E-state index contributed by atoms with van der Waals surface area (Å²) < 4.78 is 22.2. The van der Waals surface area contributed by atoms with Gasteiger partial charge in [-0.05, 0) is 38.1 Å². The third-order valence-corrected chi connectivity index (χ3v) is 3.02. The smallest absolute Gasteiger partial charge is 0.204 e. The van der Waals surface area contributed by atoms with Crippen LogP contribution >= 0.6 is 0 Å². The zero-order valence-electron chi connectivity index (χ0n) is 13.7. The second-order valence-electron chi connectivity index (χ2n) is 5.12. The monoisotopic (exact) mass is 316 g/mol. The first kappa shape index (κ1) is 16.7. The summed E-state index contributed by atoms with van der Waals surface area (Å²) in [5, 5.41) is 0. The van der Waals surface area contributed by atoms with E-state index in [1.807, 2.05) is 26.0 Å². The molecule has 0 aliphatic rings. The third kappa shape index (κ3) is 4.16. The molecule has 5 nitrogen and oxygen atoms in total. The van der Waals surface area contributed by atoms with Crippen molar-refractivity contribution in [3.8, 4) is 28.7 Å². The van der Waals surface area contributed by atoms with Crippen LogP contribution in [-0.4, -0.2) is 26.6 Å². The Bertz CT molecular complexity index is 679. The standard InChI is InChI=1S/C18H20O5/c1-12(2)22-18-16(21-4)8-13(11-19)9-17(18)23-15-7-5-6-14(10-15)20-3/h5-12H,1-4H3. The second kappa shape index (κ2) is 7.54. The van der Waals surface area contributed by atoms with Crippen LogP contribution in [0, 0.1) is 0 Å². The summed E-state index contributed by atoms with van der Waals surface area (Å²) in [5.41, 5.74) is 0.441. The number of hydrogen-bond acceptors (Lipinski definition) is 5. The molecule has 0 amide bonds. The van der Waals surface area contributed by atoms with E-state index in [4.69, 9.17) is 18.9 Å². The fraction of sp³-hybridized carbons (Fsp3) is 0.278. The zero-order chi connectivity index (χ0) is 16.8. The molecule has 2 aromatic carbocycles. The van der Waals surface area contributed by atoms with Crippen LogP contribution in [0.2, 0.25) is 0 Å². The summed E-state index contributed by atoms with van der Waals surface area (Å²) in [6.45, 7) is 3.81. The third-order valence-electron chi connectivity index (χ3n) is 3.02. The van der Waals surface area contributed by atoms with E-state index >= 15 is 0 Å². The van der Waals surface area contributed by atoms with Crippen molar-refractivity contribution in [2.75, 3.05) is 14.2 Å². The van der Waals surface area contributed by atoms with Crippen LogP contribution in [0.15, 0.2) is 36.4 Å². The molecule has 0 bridgehead atoms. The van der Waals surface area contributed by atoms with Gasteiger partial charge in [0.25, 0.3) is 0 Å². The van der Waals surface area contributed by atoms with E-state index in [1.165, 1.54) is 7.11 Å². The molecule has 0 aliphatic carbocycles. The van der Waals surface area contributed by atoms with Gasteiger partial charge in [-0.2, -0.15) is 0 Å². The molecular formula is C18H20O5. The van der Waals surface area contributed by atoms with Crippen molar-refractivity contribution in [2.24, 2.45) is 0 Å². The second-order valence-corrected chi connectivity index (χ2v) is 5.12. The van der Waals surface area contributed by atoms with Gasteiger partial charge in [-0.1, -0.05) is 6.07 Å². The molecule has 0 spiro atoms. The molecule has 0 atom stereocenters. The Morgan fingerprint density at radius 1 is 0.957 bits per heavy atom. The summed E-state index contributed by atoms with van der Waals surface area (Å²) in [5.74, 6) is 2.56. The van der Waals surface area contributed by atoms with Crippen LogP contribution in [0.5, 0.6) is 28.7 Å². The lowest BCUT2D eigenvalue weighted by molar-refractivity contribution is 0.112. The molecule has 0 saturated heterocycles. The van der Waals surface area contributed by atoms with Gasteiger partial charge >= 0.3 is 0 Å². The van der Waals surface area contributed by atoms with Gasteiger partial charge in [0.05, 0.1) is 20.3 Å². The number of carbonyl (C=O) groups excluding carboxylic acids is 1. The summed E-state index contributed by atoms with van der Waals surface area (Å²) in [4.78, 5) is 11.1. The fourth-order valence-electron chi connectivity index (χ4n) is 2.04. The molecule has 0 aliphatic heterocycles. The number of ether oxygens (including phenoxy) is 4. The number of benzene rings is 2. The molecule has 5 heteroatoms. The highest BCUT2D eigenvalue weighted by molar-refractivity contribution is 5.78. The highest BCUT2D eigenvalue weighted by atomic mass is 16.5. The first-order valence-corrected chi connectivity index (χ1v) is 7.23. The SMILES string of the molecule is COc1cccc(Oc2cc(C=O)cc(OC)c2OC(C)C)c1. The molecule has 122 valence electrons. The molecule has 2 aromatic rings. The molecule has 0 N–H and O–H groups in total. The highest BCUT2D eigenvalue weighted by Crippen LogP contribution is 2.41. The lowest BCUT2D eigenvalue weighted by atomic mass is 10.2. The van der Waals surface area contributed by atoms with Gasteiger partial charge in [-0.15, -0.1) is 0 Å². The predicted octanol–water partition coefficient (Wildman–Crippen LogP) is 4.10. The maximum absolute atomic E-state index is 11.1. The number of carbonyl (C=O) groups is 1. The molecule has 0 saturated carbocycles. The van der Waals surface area contributed by atoms with Crippen LogP contribution < -0.4 is 18.9 Å². The molecule has 0 radical (unpaired) electrons. The number of aldehydes is 1. The largest absolute Gasteiger partial charge is 0.497 e. The Morgan fingerprint density at radius 2 is 1.65 bits per heavy atom. The minimum atomic E-state index is -0.0707. The summed E-state index contributed by atoms with van der Waals surface area (Å²) >= 11 is 0. The number of hydrogen-bond donors (Lipinski definition) is 0. The van der Waals surface area contributed by atoms with Crippen LogP contribution in [0.1, 0.15) is 24.2 Å². The Morgan fingerprint density at radius 3 is 2.26 bits per heavy atom. The van der Waals surface area contributed by atoms with Gasteiger partial charge in [0.15, 0.2) is 11.5 Å². The molecule has 2 rings (SSSR count). The van der Waals surface area contributed by atoms with Crippen LogP contribution in [0.4, 0.5) is 0 Å². The van der Waals surface area contributed by atoms with E-state index in [0.29, 0.717) is 34.3 Å². The summed E-state index contributed by atoms with van der Waals surface area (Å²) in [7, 11) is 3.11. The molecule has 0 unspecified atom stereocenters. The average Bonchev–Trinajstić information content (AvgIpc) is 2.55. The Balaban J connectivity index is 2.46. The first-order valence-electron chi connectivity index (χ1n) is 7.23. The minimum Gasteiger partial charge on any atom is -0.497 e. The molecular weight excluding hydrogens is 296 g/mol. The van der Waals surface area contributed by atoms with Crippen molar-refractivity contribution in [1.82, 2.24) is 0 Å². The normalized spacial score (nSPS) is 10.3. The van der Waals surface area contributed by atoms with Gasteiger partial charge in [0.2, 0.25) is 5.75 Å². The van der Waals surface area contributed by atoms with Gasteiger partial charge < -0.3 is 18.9 Å². The van der Waals surface area contributed by atoms with Crippen molar-refractivity contribution in [3.63, 3.8) is 0 Å². The molecule has 0 fully saturated rings. The van der Waals surface area contributed by atoms with Crippen molar-refractivity contribution in [3.05, 3.63) is 42.0 Å². The summed E-state index contributed by atoms with van der Waals surface area (Å²) in [6.07, 6.45) is 0.666. The van der Waals surface area contributed by atoms with E-state index in [2.05, 4.69) is 0 Å². The van der Waals surface area contributed by atoms with Gasteiger partial charge in [-0.3, -0.25) is 4.79 Å². The van der Waals surface area contributed by atoms with Crippen molar-refractivity contribution < 1.29 is 23.7 Å². The van der Waals surface area contributed by atoms with Crippen LogP contribution in [0.3, 0.4) is 0 Å². The van der Waals surface area contributed by atoms with Crippen LogP contribution in [0.25, 0.3) is 0 Å².